The fourth-order valence-corrected chi connectivity index (χ4v) is 2.38. The molecule has 2 aromatic carbocycles. The standard InChI is InChI=1S/C15H14N2O3/c18-17(19)12-7-1-2-8-13(12)20-14-9-3-5-11-6-4-10-16-15(11)14/h1-3,5,7-9,16H,4,6,10H2. The Kier molecular flexibility index (Phi) is 3.25. The smallest absolute Gasteiger partial charge is 0.311 e. The third-order valence-corrected chi connectivity index (χ3v) is 3.32. The van der Waals surface area contributed by atoms with E-state index in [1.165, 1.54) is 11.6 Å². The van der Waals surface area contributed by atoms with Gasteiger partial charge in [-0.3, -0.25) is 10.1 Å². The second-order valence-corrected chi connectivity index (χ2v) is 4.65. The molecule has 0 radical (unpaired) electrons. The van der Waals surface area contributed by atoms with Crippen LogP contribution in [0.2, 0.25) is 0 Å². The molecule has 5 heteroatoms. The Morgan fingerprint density at radius 2 is 1.90 bits per heavy atom. The Balaban J connectivity index is 1.98. The molecule has 2 aromatic rings. The van der Waals surface area contributed by atoms with E-state index < -0.39 is 4.92 Å². The van der Waals surface area contributed by atoms with Crippen LogP contribution >= 0.6 is 0 Å². The van der Waals surface area contributed by atoms with E-state index in [0.717, 1.165) is 25.1 Å². The normalized spacial score (nSPS) is 13.2. The molecular weight excluding hydrogens is 256 g/mol. The summed E-state index contributed by atoms with van der Waals surface area (Å²) in [5.74, 6) is 0.898. The predicted octanol–water partition coefficient (Wildman–Crippen LogP) is 3.75. The molecule has 0 saturated heterocycles. The molecule has 20 heavy (non-hydrogen) atoms. The van der Waals surface area contributed by atoms with E-state index in [9.17, 15) is 10.1 Å². The first-order valence-corrected chi connectivity index (χ1v) is 6.53. The molecule has 1 aliphatic heterocycles. The van der Waals surface area contributed by atoms with Gasteiger partial charge >= 0.3 is 5.69 Å². The molecule has 0 aliphatic carbocycles. The summed E-state index contributed by atoms with van der Waals surface area (Å²) >= 11 is 0. The lowest BCUT2D eigenvalue weighted by molar-refractivity contribution is -0.385. The molecule has 0 saturated carbocycles. The van der Waals surface area contributed by atoms with Gasteiger partial charge in [0.2, 0.25) is 5.75 Å². The predicted molar refractivity (Wildman–Crippen MR) is 76.4 cm³/mol. The number of anilines is 1. The van der Waals surface area contributed by atoms with Gasteiger partial charge in [0.15, 0.2) is 5.75 Å². The lowest BCUT2D eigenvalue weighted by Crippen LogP contribution is -2.12. The van der Waals surface area contributed by atoms with Gasteiger partial charge in [-0.25, -0.2) is 0 Å². The molecule has 1 heterocycles. The van der Waals surface area contributed by atoms with Crippen molar-refractivity contribution in [3.8, 4) is 11.5 Å². The lowest BCUT2D eigenvalue weighted by Gasteiger charge is -2.20. The number of aryl methyl sites for hydroxylation is 1. The third kappa shape index (κ3) is 2.30. The van der Waals surface area contributed by atoms with E-state index in [1.807, 2.05) is 18.2 Å². The minimum atomic E-state index is -0.432. The van der Waals surface area contributed by atoms with Crippen molar-refractivity contribution in [2.24, 2.45) is 0 Å². The van der Waals surface area contributed by atoms with Gasteiger partial charge in [0, 0.05) is 12.6 Å². The summed E-state index contributed by atoms with van der Waals surface area (Å²) in [6, 6.07) is 12.2. The van der Waals surface area contributed by atoms with Crippen molar-refractivity contribution in [2.45, 2.75) is 12.8 Å². The molecule has 1 N–H and O–H groups in total. The summed E-state index contributed by atoms with van der Waals surface area (Å²) in [6.07, 6.45) is 2.08. The number of fused-ring (bicyclic) bond motifs is 1. The fourth-order valence-electron chi connectivity index (χ4n) is 2.38. The summed E-state index contributed by atoms with van der Waals surface area (Å²) in [4.78, 5) is 10.6. The van der Waals surface area contributed by atoms with Crippen LogP contribution in [0.4, 0.5) is 11.4 Å². The average molecular weight is 270 g/mol. The lowest BCUT2D eigenvalue weighted by atomic mass is 10.0. The van der Waals surface area contributed by atoms with E-state index in [0.29, 0.717) is 5.75 Å². The zero-order valence-electron chi connectivity index (χ0n) is 10.8. The van der Waals surface area contributed by atoms with Crippen LogP contribution in [0.15, 0.2) is 42.5 Å². The molecular formula is C15H14N2O3. The number of nitro groups is 1. The van der Waals surface area contributed by atoms with Crippen molar-refractivity contribution in [2.75, 3.05) is 11.9 Å². The Morgan fingerprint density at radius 3 is 2.75 bits per heavy atom. The summed E-state index contributed by atoms with van der Waals surface area (Å²) in [5.41, 5.74) is 2.10. The molecule has 0 atom stereocenters. The van der Waals surface area contributed by atoms with Crippen LogP contribution in [0.5, 0.6) is 11.5 Å². The van der Waals surface area contributed by atoms with Crippen LogP contribution in [0, 0.1) is 10.1 Å². The summed E-state index contributed by atoms with van der Waals surface area (Å²) < 4.78 is 5.77. The van der Waals surface area contributed by atoms with Crippen LogP contribution < -0.4 is 10.1 Å². The zero-order valence-corrected chi connectivity index (χ0v) is 10.8. The first-order chi connectivity index (χ1) is 9.75. The summed E-state index contributed by atoms with van der Waals surface area (Å²) in [5, 5.41) is 14.3. The molecule has 0 amide bonds. The van der Waals surface area contributed by atoms with Crippen molar-refractivity contribution in [3.63, 3.8) is 0 Å². The van der Waals surface area contributed by atoms with Crippen LogP contribution in [0.25, 0.3) is 0 Å². The van der Waals surface area contributed by atoms with Gasteiger partial charge in [0.05, 0.1) is 10.6 Å². The number of ether oxygens (including phenoxy) is 1. The van der Waals surface area contributed by atoms with E-state index in [1.54, 1.807) is 18.2 Å². The number of benzene rings is 2. The molecule has 3 rings (SSSR count). The van der Waals surface area contributed by atoms with Crippen LogP contribution in [0.1, 0.15) is 12.0 Å². The van der Waals surface area contributed by atoms with Crippen molar-refractivity contribution < 1.29 is 9.66 Å². The Hall–Kier alpha value is -2.56. The van der Waals surface area contributed by atoms with Crippen molar-refractivity contribution in [1.29, 1.82) is 0 Å². The number of nitro benzene ring substituents is 1. The average Bonchev–Trinajstić information content (AvgIpc) is 2.48. The van der Waals surface area contributed by atoms with E-state index in [4.69, 9.17) is 4.74 Å². The number of hydrogen-bond acceptors (Lipinski definition) is 4. The summed E-state index contributed by atoms with van der Waals surface area (Å²) in [7, 11) is 0. The highest BCUT2D eigenvalue weighted by atomic mass is 16.6. The first-order valence-electron chi connectivity index (χ1n) is 6.53. The number of hydrogen-bond donors (Lipinski definition) is 1. The maximum Gasteiger partial charge on any atom is 0.311 e. The number of nitrogens with one attached hydrogen (secondary N) is 1. The van der Waals surface area contributed by atoms with Gasteiger partial charge in [-0.1, -0.05) is 24.3 Å². The molecule has 5 nitrogen and oxygen atoms in total. The van der Waals surface area contributed by atoms with Gasteiger partial charge in [-0.15, -0.1) is 0 Å². The highest BCUT2D eigenvalue weighted by molar-refractivity contribution is 5.65. The Bertz CT molecular complexity index is 655. The van der Waals surface area contributed by atoms with Crippen LogP contribution in [0.3, 0.4) is 0 Å². The summed E-state index contributed by atoms with van der Waals surface area (Å²) in [6.45, 7) is 0.893. The fraction of sp³-hybridized carbons (Fsp3) is 0.200. The van der Waals surface area contributed by atoms with Gasteiger partial charge in [0.25, 0.3) is 0 Å². The minimum Gasteiger partial charge on any atom is -0.448 e. The van der Waals surface area contributed by atoms with Crippen LogP contribution in [-0.2, 0) is 6.42 Å². The molecule has 0 spiro atoms. The maximum atomic E-state index is 11.0. The van der Waals surface area contributed by atoms with E-state index in [-0.39, 0.29) is 11.4 Å². The number of nitrogens with zero attached hydrogens (tertiary/aromatic N) is 1. The molecule has 0 aromatic heterocycles. The largest absolute Gasteiger partial charge is 0.448 e. The topological polar surface area (TPSA) is 64.4 Å². The van der Waals surface area contributed by atoms with Crippen molar-refractivity contribution in [1.82, 2.24) is 0 Å². The van der Waals surface area contributed by atoms with Gasteiger partial charge in [0.1, 0.15) is 0 Å². The van der Waals surface area contributed by atoms with Crippen molar-refractivity contribution in [3.05, 3.63) is 58.1 Å². The second kappa shape index (κ2) is 5.21. The number of para-hydroxylation sites is 3. The third-order valence-electron chi connectivity index (χ3n) is 3.32. The quantitative estimate of drug-likeness (QED) is 0.681. The van der Waals surface area contributed by atoms with E-state index in [2.05, 4.69) is 5.32 Å². The van der Waals surface area contributed by atoms with Crippen molar-refractivity contribution >= 4 is 11.4 Å². The Labute approximate surface area is 116 Å². The molecule has 102 valence electrons. The Morgan fingerprint density at radius 1 is 1.10 bits per heavy atom. The van der Waals surface area contributed by atoms with Gasteiger partial charge < -0.3 is 10.1 Å². The number of rotatable bonds is 3. The van der Waals surface area contributed by atoms with Gasteiger partial charge in [-0.2, -0.15) is 0 Å². The second-order valence-electron chi connectivity index (χ2n) is 4.65. The zero-order chi connectivity index (χ0) is 13.9. The monoisotopic (exact) mass is 270 g/mol. The molecule has 0 fully saturated rings. The molecule has 0 unspecified atom stereocenters. The first kappa shape index (κ1) is 12.5. The highest BCUT2D eigenvalue weighted by Crippen LogP contribution is 2.37. The van der Waals surface area contributed by atoms with E-state index >= 15 is 0 Å². The van der Waals surface area contributed by atoms with Crippen LogP contribution in [-0.4, -0.2) is 11.5 Å². The maximum absolute atomic E-state index is 11.0. The highest BCUT2D eigenvalue weighted by Gasteiger charge is 2.18. The SMILES string of the molecule is O=[N+]([O-])c1ccccc1Oc1cccc2c1NCCC2. The minimum absolute atomic E-state index is 0.0269. The van der Waals surface area contributed by atoms with Gasteiger partial charge in [-0.05, 0) is 30.5 Å². The molecule has 1 aliphatic rings. The molecule has 0 bridgehead atoms.